The van der Waals surface area contributed by atoms with Gasteiger partial charge in [-0.05, 0) is 42.5 Å². The zero-order valence-corrected chi connectivity index (χ0v) is 19.2. The summed E-state index contributed by atoms with van der Waals surface area (Å²) >= 11 is 13.1. The first kappa shape index (κ1) is 21.0. The minimum atomic E-state index is -0.621. The molecule has 4 rings (SSSR count). The highest BCUT2D eigenvalue weighted by molar-refractivity contribution is 9.12. The predicted octanol–water partition coefficient (Wildman–Crippen LogP) is 3.23. The Morgan fingerprint density at radius 2 is 1.59 bits per heavy atom. The number of halogens is 3. The Hall–Kier alpha value is -1.25. The second kappa shape index (κ2) is 8.12. The van der Waals surface area contributed by atoms with Crippen molar-refractivity contribution in [1.29, 1.82) is 0 Å². The van der Waals surface area contributed by atoms with E-state index in [-0.39, 0.29) is 63.9 Å². The SMILES string of the molecule is O=C(CCN1C(=O)[C@@H]2[C@H]3C[C@H]([C@H](Br)[C@@H]3Br)[C@@H]2C1=O)OCC(=O)c1ccc(Cl)cc1. The number of ether oxygens (including phenoxy) is 1. The van der Waals surface area contributed by atoms with E-state index in [0.29, 0.717) is 10.6 Å². The van der Waals surface area contributed by atoms with Crippen molar-refractivity contribution in [1.82, 2.24) is 4.90 Å². The number of hydrogen-bond acceptors (Lipinski definition) is 5. The molecule has 2 bridgehead atoms. The average molecular weight is 548 g/mol. The number of benzene rings is 1. The van der Waals surface area contributed by atoms with Crippen LogP contribution in [-0.2, 0) is 19.1 Å². The molecule has 9 heteroatoms. The normalized spacial score (nSPS) is 32.6. The maximum atomic E-state index is 12.8. The van der Waals surface area contributed by atoms with E-state index in [9.17, 15) is 19.2 Å². The minimum absolute atomic E-state index is 0.0159. The topological polar surface area (TPSA) is 80.8 Å². The van der Waals surface area contributed by atoms with E-state index in [1.165, 1.54) is 4.90 Å². The van der Waals surface area contributed by atoms with Gasteiger partial charge in [-0.2, -0.15) is 0 Å². The highest BCUT2D eigenvalue weighted by Crippen LogP contribution is 2.60. The van der Waals surface area contributed by atoms with Crippen LogP contribution in [0.1, 0.15) is 23.2 Å². The average Bonchev–Trinajstić information content (AvgIpc) is 3.30. The standard InChI is InChI=1S/C20H18Br2ClNO5/c21-17-11-7-12(18(17)22)16-15(11)19(27)24(20(16)28)6-5-14(26)29-8-13(25)9-1-3-10(23)4-2-9/h1-4,11-12,15-18H,5-8H2/t11-,12+,15-,16+,17-,18+. The lowest BCUT2D eigenvalue weighted by molar-refractivity contribution is -0.145. The molecule has 1 aromatic carbocycles. The number of nitrogens with zero attached hydrogens (tertiary/aromatic N) is 1. The van der Waals surface area contributed by atoms with Crippen LogP contribution in [0.25, 0.3) is 0 Å². The van der Waals surface area contributed by atoms with Crippen LogP contribution in [0.2, 0.25) is 5.02 Å². The van der Waals surface area contributed by atoms with Crippen molar-refractivity contribution in [3.05, 3.63) is 34.9 Å². The Morgan fingerprint density at radius 1 is 1.03 bits per heavy atom. The zero-order chi connectivity index (χ0) is 20.9. The van der Waals surface area contributed by atoms with Gasteiger partial charge in [0.05, 0.1) is 18.3 Å². The number of rotatable bonds is 6. The molecule has 1 saturated heterocycles. The molecule has 1 aliphatic heterocycles. The molecule has 2 amide bonds. The van der Waals surface area contributed by atoms with Crippen LogP contribution >= 0.6 is 43.5 Å². The lowest BCUT2D eigenvalue weighted by Gasteiger charge is -2.28. The molecule has 3 fully saturated rings. The van der Waals surface area contributed by atoms with Crippen LogP contribution in [0, 0.1) is 23.7 Å². The van der Waals surface area contributed by atoms with Gasteiger partial charge in [0.1, 0.15) is 0 Å². The van der Waals surface area contributed by atoms with Crippen LogP contribution in [0.4, 0.5) is 0 Å². The van der Waals surface area contributed by atoms with Crippen molar-refractivity contribution in [3.8, 4) is 0 Å². The molecular formula is C20H18Br2ClNO5. The molecule has 0 N–H and O–H groups in total. The molecule has 29 heavy (non-hydrogen) atoms. The summed E-state index contributed by atoms with van der Waals surface area (Å²) in [5, 5.41) is 0.508. The highest BCUT2D eigenvalue weighted by atomic mass is 79.9. The lowest BCUT2D eigenvalue weighted by Crippen LogP contribution is -2.37. The molecule has 2 saturated carbocycles. The fraction of sp³-hybridized carbons (Fsp3) is 0.500. The van der Waals surface area contributed by atoms with E-state index < -0.39 is 12.6 Å². The van der Waals surface area contributed by atoms with E-state index in [1.807, 2.05) is 0 Å². The summed E-state index contributed by atoms with van der Waals surface area (Å²) in [5.41, 5.74) is 0.393. The zero-order valence-electron chi connectivity index (χ0n) is 15.2. The Balaban J connectivity index is 1.30. The summed E-state index contributed by atoms with van der Waals surface area (Å²) in [5.74, 6) is -1.67. The third-order valence-electron chi connectivity index (χ3n) is 6.15. The summed E-state index contributed by atoms with van der Waals surface area (Å²) in [6, 6.07) is 6.28. The number of likely N-dealkylation sites (tertiary alicyclic amines) is 1. The first-order valence-corrected chi connectivity index (χ1v) is 11.6. The molecule has 0 aromatic heterocycles. The van der Waals surface area contributed by atoms with Gasteiger partial charge in [-0.25, -0.2) is 0 Å². The molecule has 2 aliphatic carbocycles. The van der Waals surface area contributed by atoms with Gasteiger partial charge in [0.25, 0.3) is 0 Å². The summed E-state index contributed by atoms with van der Waals surface area (Å²) < 4.78 is 5.02. The van der Waals surface area contributed by atoms with Crippen LogP contribution in [0.3, 0.4) is 0 Å². The Morgan fingerprint density at radius 3 is 2.14 bits per heavy atom. The summed E-state index contributed by atoms with van der Waals surface area (Å²) in [6.07, 6.45) is 0.733. The number of imide groups is 1. The van der Waals surface area contributed by atoms with Gasteiger partial charge in [-0.15, -0.1) is 0 Å². The number of carbonyl (C=O) groups excluding carboxylic acids is 4. The molecular weight excluding hydrogens is 529 g/mol. The number of carbonyl (C=O) groups is 4. The largest absolute Gasteiger partial charge is 0.457 e. The van der Waals surface area contributed by atoms with E-state index in [0.717, 1.165) is 6.42 Å². The van der Waals surface area contributed by atoms with Crippen LogP contribution < -0.4 is 0 Å². The minimum Gasteiger partial charge on any atom is -0.457 e. The number of ketones is 1. The second-order valence-electron chi connectivity index (χ2n) is 7.67. The number of amides is 2. The van der Waals surface area contributed by atoms with E-state index in [2.05, 4.69) is 31.9 Å². The Labute approximate surface area is 189 Å². The number of esters is 1. The quantitative estimate of drug-likeness (QED) is 0.237. The van der Waals surface area contributed by atoms with E-state index >= 15 is 0 Å². The van der Waals surface area contributed by atoms with Crippen LogP contribution in [-0.4, -0.2) is 51.3 Å². The maximum Gasteiger partial charge on any atom is 0.308 e. The molecule has 0 spiro atoms. The van der Waals surface area contributed by atoms with Crippen molar-refractivity contribution in [2.45, 2.75) is 22.5 Å². The molecule has 6 nitrogen and oxygen atoms in total. The second-order valence-corrected chi connectivity index (χ2v) is 10.2. The van der Waals surface area contributed by atoms with Crippen LogP contribution in [0.15, 0.2) is 24.3 Å². The van der Waals surface area contributed by atoms with Gasteiger partial charge in [0.15, 0.2) is 12.4 Å². The van der Waals surface area contributed by atoms with Gasteiger partial charge in [0, 0.05) is 26.8 Å². The molecule has 6 atom stereocenters. The van der Waals surface area contributed by atoms with Crippen molar-refractivity contribution < 1.29 is 23.9 Å². The van der Waals surface area contributed by atoms with Gasteiger partial charge >= 0.3 is 5.97 Å². The van der Waals surface area contributed by atoms with Crippen molar-refractivity contribution in [2.75, 3.05) is 13.2 Å². The van der Waals surface area contributed by atoms with E-state index in [4.69, 9.17) is 16.3 Å². The maximum absolute atomic E-state index is 12.8. The third-order valence-corrected chi connectivity index (χ3v) is 9.61. The van der Waals surface area contributed by atoms with E-state index in [1.54, 1.807) is 24.3 Å². The van der Waals surface area contributed by atoms with Crippen molar-refractivity contribution >= 4 is 67.0 Å². The van der Waals surface area contributed by atoms with Gasteiger partial charge in [0.2, 0.25) is 11.8 Å². The first-order valence-electron chi connectivity index (χ1n) is 9.37. The number of alkyl halides is 2. The molecule has 1 heterocycles. The predicted molar refractivity (Wildman–Crippen MR) is 112 cm³/mol. The summed E-state index contributed by atoms with van der Waals surface area (Å²) in [7, 11) is 0. The fourth-order valence-electron chi connectivity index (χ4n) is 4.77. The molecule has 0 radical (unpaired) electrons. The lowest BCUT2D eigenvalue weighted by atomic mass is 9.81. The molecule has 1 aromatic rings. The Kier molecular flexibility index (Phi) is 5.88. The van der Waals surface area contributed by atoms with Gasteiger partial charge in [-0.3, -0.25) is 24.1 Å². The first-order chi connectivity index (χ1) is 13.8. The van der Waals surface area contributed by atoms with Gasteiger partial charge in [-0.1, -0.05) is 43.5 Å². The number of Topliss-reactive ketones (excluding diaryl/α,β-unsaturated/α-hetero) is 1. The smallest absolute Gasteiger partial charge is 0.308 e. The molecule has 154 valence electrons. The third kappa shape index (κ3) is 3.68. The van der Waals surface area contributed by atoms with Gasteiger partial charge < -0.3 is 4.74 Å². The number of fused-ring (bicyclic) bond motifs is 5. The van der Waals surface area contributed by atoms with Crippen LogP contribution in [0.5, 0.6) is 0 Å². The Bertz CT molecular complexity index is 844. The molecule has 3 aliphatic rings. The highest BCUT2D eigenvalue weighted by Gasteiger charge is 2.66. The summed E-state index contributed by atoms with van der Waals surface area (Å²) in [6.45, 7) is -0.410. The van der Waals surface area contributed by atoms with Crippen molar-refractivity contribution in [3.63, 3.8) is 0 Å². The number of hydrogen-bond donors (Lipinski definition) is 0. The molecule has 0 unspecified atom stereocenters. The fourth-order valence-corrected chi connectivity index (χ4v) is 6.77. The summed E-state index contributed by atoms with van der Waals surface area (Å²) in [4.78, 5) is 51.2. The monoisotopic (exact) mass is 545 g/mol. The van der Waals surface area contributed by atoms with Crippen molar-refractivity contribution in [2.24, 2.45) is 23.7 Å².